The smallest absolute Gasteiger partial charge is 0.0194 e. The molecule has 0 nitrogen and oxygen atoms in total. The fraction of sp³-hybridized carbons (Fsp3) is 0.857. The normalized spacial score (nSPS) is 51.4. The van der Waals surface area contributed by atoms with Crippen LogP contribution >= 0.6 is 0 Å². The molecule has 0 aromatic carbocycles. The number of fused-ring (bicyclic) bond motifs is 4. The summed E-state index contributed by atoms with van der Waals surface area (Å²) in [6, 6.07) is 0. The summed E-state index contributed by atoms with van der Waals surface area (Å²) >= 11 is 0. The highest BCUT2D eigenvalue weighted by atomic mass is 14.5. The van der Waals surface area contributed by atoms with Crippen molar-refractivity contribution in [3.63, 3.8) is 0 Å². The molecule has 0 heteroatoms. The van der Waals surface area contributed by atoms with Crippen molar-refractivity contribution in [2.45, 2.75) is 51.9 Å². The zero-order valence-corrected chi connectivity index (χ0v) is 9.34. The van der Waals surface area contributed by atoms with Crippen LogP contribution in [0.15, 0.2) is 12.2 Å². The Kier molecular flexibility index (Phi) is 2.00. The molecule has 0 saturated heterocycles. The maximum absolute atomic E-state index is 2.57. The molecular formula is C14H22. The van der Waals surface area contributed by atoms with E-state index < -0.39 is 0 Å². The molecule has 3 aliphatic rings. The molecule has 0 aromatic heterocycles. The summed E-state index contributed by atoms with van der Waals surface area (Å²) < 4.78 is 0. The molecule has 3 aliphatic carbocycles. The summed E-state index contributed by atoms with van der Waals surface area (Å²) in [5.41, 5.74) is 0.711. The number of hydrogen-bond acceptors (Lipinski definition) is 0. The van der Waals surface area contributed by atoms with Crippen LogP contribution in [0.4, 0.5) is 0 Å². The van der Waals surface area contributed by atoms with Gasteiger partial charge in [-0.05, 0) is 55.3 Å². The van der Waals surface area contributed by atoms with Crippen LogP contribution in [-0.4, -0.2) is 0 Å². The Morgan fingerprint density at radius 3 is 2.93 bits per heavy atom. The summed E-state index contributed by atoms with van der Waals surface area (Å²) in [5.74, 6) is 2.93. The van der Waals surface area contributed by atoms with Gasteiger partial charge in [0.25, 0.3) is 0 Å². The standard InChI is InChI=1S/C14H22/c1-14-8-3-2-4-13(14)12-6-5-11(10-12)7-9-14/h5-6,11-13H,2-4,7-10H2,1H3. The third kappa shape index (κ3) is 1.26. The Bertz CT molecular complexity index is 253. The lowest BCUT2D eigenvalue weighted by Crippen LogP contribution is -2.33. The summed E-state index contributed by atoms with van der Waals surface area (Å²) in [5, 5.41) is 0. The Morgan fingerprint density at radius 1 is 1.07 bits per heavy atom. The molecule has 0 aliphatic heterocycles. The van der Waals surface area contributed by atoms with Gasteiger partial charge in [-0.15, -0.1) is 0 Å². The highest BCUT2D eigenvalue weighted by Crippen LogP contribution is 2.54. The van der Waals surface area contributed by atoms with Crippen molar-refractivity contribution < 1.29 is 0 Å². The second kappa shape index (κ2) is 3.12. The molecular weight excluding hydrogens is 168 g/mol. The molecule has 0 radical (unpaired) electrons. The van der Waals surface area contributed by atoms with E-state index in [0.717, 1.165) is 17.8 Å². The zero-order valence-electron chi connectivity index (χ0n) is 9.34. The highest BCUT2D eigenvalue weighted by Gasteiger charge is 2.44. The number of hydrogen-bond donors (Lipinski definition) is 0. The second-order valence-corrected chi connectivity index (χ2v) is 6.09. The monoisotopic (exact) mass is 190 g/mol. The first-order valence-corrected chi connectivity index (χ1v) is 6.46. The topological polar surface area (TPSA) is 0 Å². The van der Waals surface area contributed by atoms with E-state index in [9.17, 15) is 0 Å². The number of allylic oxidation sites excluding steroid dienone is 2. The lowest BCUT2D eigenvalue weighted by atomic mass is 9.62. The molecule has 4 unspecified atom stereocenters. The van der Waals surface area contributed by atoms with E-state index >= 15 is 0 Å². The van der Waals surface area contributed by atoms with Gasteiger partial charge in [-0.3, -0.25) is 0 Å². The average molecular weight is 190 g/mol. The third-order valence-electron chi connectivity index (χ3n) is 5.22. The predicted octanol–water partition coefficient (Wildman–Crippen LogP) is 4.17. The minimum Gasteiger partial charge on any atom is -0.0851 e. The Labute approximate surface area is 87.8 Å². The molecule has 0 aromatic rings. The van der Waals surface area contributed by atoms with E-state index in [-0.39, 0.29) is 0 Å². The van der Waals surface area contributed by atoms with Crippen molar-refractivity contribution >= 4 is 0 Å². The van der Waals surface area contributed by atoms with E-state index in [1.54, 1.807) is 0 Å². The van der Waals surface area contributed by atoms with Gasteiger partial charge < -0.3 is 0 Å². The molecule has 0 N–H and O–H groups in total. The van der Waals surface area contributed by atoms with Gasteiger partial charge in [-0.2, -0.15) is 0 Å². The average Bonchev–Trinajstić information content (AvgIpc) is 2.57. The molecule has 0 spiro atoms. The van der Waals surface area contributed by atoms with Crippen LogP contribution in [0.5, 0.6) is 0 Å². The van der Waals surface area contributed by atoms with E-state index in [1.807, 2.05) is 0 Å². The minimum absolute atomic E-state index is 0.711. The van der Waals surface area contributed by atoms with Crippen molar-refractivity contribution in [1.29, 1.82) is 0 Å². The summed E-state index contributed by atoms with van der Waals surface area (Å²) in [7, 11) is 0. The van der Waals surface area contributed by atoms with Gasteiger partial charge in [-0.25, -0.2) is 0 Å². The summed E-state index contributed by atoms with van der Waals surface area (Å²) in [6.45, 7) is 2.57. The molecule has 0 amide bonds. The zero-order chi connectivity index (χ0) is 9.60. The number of rotatable bonds is 0. The van der Waals surface area contributed by atoms with Crippen LogP contribution in [0.3, 0.4) is 0 Å². The molecule has 2 bridgehead atoms. The van der Waals surface area contributed by atoms with Crippen molar-refractivity contribution in [1.82, 2.24) is 0 Å². The summed E-state index contributed by atoms with van der Waals surface area (Å²) in [4.78, 5) is 0. The van der Waals surface area contributed by atoms with Crippen molar-refractivity contribution in [3.05, 3.63) is 12.2 Å². The predicted molar refractivity (Wildman–Crippen MR) is 60.0 cm³/mol. The first-order chi connectivity index (χ1) is 6.78. The highest BCUT2D eigenvalue weighted by molar-refractivity contribution is 5.09. The van der Waals surface area contributed by atoms with Crippen molar-refractivity contribution in [3.8, 4) is 0 Å². The maximum Gasteiger partial charge on any atom is -0.0194 e. The van der Waals surface area contributed by atoms with E-state index in [1.165, 1.54) is 44.9 Å². The van der Waals surface area contributed by atoms with Gasteiger partial charge in [0.15, 0.2) is 0 Å². The second-order valence-electron chi connectivity index (χ2n) is 6.09. The minimum atomic E-state index is 0.711. The quantitative estimate of drug-likeness (QED) is 0.503. The molecule has 4 atom stereocenters. The van der Waals surface area contributed by atoms with Gasteiger partial charge in [0, 0.05) is 0 Å². The van der Waals surface area contributed by atoms with Crippen LogP contribution in [0, 0.1) is 23.2 Å². The molecule has 14 heavy (non-hydrogen) atoms. The van der Waals surface area contributed by atoms with Gasteiger partial charge in [0.2, 0.25) is 0 Å². The molecule has 0 heterocycles. The van der Waals surface area contributed by atoms with E-state index in [0.29, 0.717) is 5.41 Å². The first kappa shape index (κ1) is 9.00. The van der Waals surface area contributed by atoms with Crippen molar-refractivity contribution in [2.75, 3.05) is 0 Å². The lowest BCUT2D eigenvalue weighted by molar-refractivity contribution is 0.0816. The SMILES string of the molecule is CC12CCCCC1C1C=CC(CC2)C1. The van der Waals surface area contributed by atoms with Gasteiger partial charge in [0.1, 0.15) is 0 Å². The molecule has 3 rings (SSSR count). The Morgan fingerprint density at radius 2 is 2.00 bits per heavy atom. The van der Waals surface area contributed by atoms with Gasteiger partial charge in [-0.1, -0.05) is 31.9 Å². The van der Waals surface area contributed by atoms with E-state index in [4.69, 9.17) is 0 Å². The fourth-order valence-corrected chi connectivity index (χ4v) is 4.30. The Balaban J connectivity index is 1.90. The van der Waals surface area contributed by atoms with E-state index in [2.05, 4.69) is 19.1 Å². The molecule has 78 valence electrons. The van der Waals surface area contributed by atoms with Crippen LogP contribution in [-0.2, 0) is 0 Å². The van der Waals surface area contributed by atoms with Crippen LogP contribution < -0.4 is 0 Å². The fourth-order valence-electron chi connectivity index (χ4n) is 4.30. The van der Waals surface area contributed by atoms with Crippen LogP contribution in [0.25, 0.3) is 0 Å². The first-order valence-electron chi connectivity index (χ1n) is 6.46. The molecule has 2 fully saturated rings. The maximum atomic E-state index is 2.57. The van der Waals surface area contributed by atoms with Gasteiger partial charge >= 0.3 is 0 Å². The third-order valence-corrected chi connectivity index (χ3v) is 5.22. The van der Waals surface area contributed by atoms with Crippen LogP contribution in [0.2, 0.25) is 0 Å². The van der Waals surface area contributed by atoms with Crippen LogP contribution in [0.1, 0.15) is 51.9 Å². The molecule has 2 saturated carbocycles. The Hall–Kier alpha value is -0.260. The summed E-state index contributed by atoms with van der Waals surface area (Å²) in [6.07, 6.45) is 15.5. The lowest BCUT2D eigenvalue weighted by Gasteiger charge is -2.43. The van der Waals surface area contributed by atoms with Gasteiger partial charge in [0.05, 0.1) is 0 Å². The van der Waals surface area contributed by atoms with Crippen molar-refractivity contribution in [2.24, 2.45) is 23.2 Å². The largest absolute Gasteiger partial charge is 0.0851 e.